The summed E-state index contributed by atoms with van der Waals surface area (Å²) in [5.74, 6) is 1.23. The van der Waals surface area contributed by atoms with Crippen LogP contribution in [0.1, 0.15) is 13.8 Å². The number of rotatable bonds is 7. The molecule has 0 fully saturated rings. The zero-order chi connectivity index (χ0) is 19.4. The highest BCUT2D eigenvalue weighted by Crippen LogP contribution is 2.21. The standard InChI is InChI=1S/C20H24N4O3/c1-13(2)22-10-15(25)12-27-16-6-4-14(5-7-16)19-23-18-8-9-21-11-17(18)20(26)24(19)3/h4-9,11,13,15,22,25H,10,12H2,1-3H3. The lowest BCUT2D eigenvalue weighted by Gasteiger charge is -2.15. The van der Waals surface area contributed by atoms with Crippen molar-refractivity contribution >= 4 is 10.9 Å². The second-order valence-corrected chi connectivity index (χ2v) is 6.74. The molecule has 0 aliphatic heterocycles. The van der Waals surface area contributed by atoms with Crippen LogP contribution in [0.4, 0.5) is 0 Å². The molecule has 7 heteroatoms. The van der Waals surface area contributed by atoms with Crippen LogP contribution in [-0.2, 0) is 7.05 Å². The molecule has 27 heavy (non-hydrogen) atoms. The van der Waals surface area contributed by atoms with E-state index in [1.54, 1.807) is 31.4 Å². The molecule has 0 aliphatic carbocycles. The molecule has 3 aromatic rings. The number of fused-ring (bicyclic) bond motifs is 1. The Morgan fingerprint density at radius 2 is 1.96 bits per heavy atom. The van der Waals surface area contributed by atoms with E-state index in [0.29, 0.717) is 35.1 Å². The van der Waals surface area contributed by atoms with E-state index in [4.69, 9.17) is 4.74 Å². The van der Waals surface area contributed by atoms with E-state index < -0.39 is 6.10 Å². The zero-order valence-electron chi connectivity index (χ0n) is 15.7. The Kier molecular flexibility index (Phi) is 5.83. The lowest BCUT2D eigenvalue weighted by atomic mass is 10.2. The van der Waals surface area contributed by atoms with Gasteiger partial charge < -0.3 is 15.2 Å². The molecule has 0 radical (unpaired) electrons. The second kappa shape index (κ2) is 8.28. The normalized spacial score (nSPS) is 12.5. The van der Waals surface area contributed by atoms with Crippen LogP contribution < -0.4 is 15.6 Å². The first kappa shape index (κ1) is 19.0. The lowest BCUT2D eigenvalue weighted by Crippen LogP contribution is -2.35. The predicted octanol–water partition coefficient (Wildman–Crippen LogP) is 1.73. The monoisotopic (exact) mass is 368 g/mol. The topological polar surface area (TPSA) is 89.3 Å². The quantitative estimate of drug-likeness (QED) is 0.660. The minimum absolute atomic E-state index is 0.135. The molecule has 142 valence electrons. The molecule has 0 saturated heterocycles. The maximum atomic E-state index is 12.5. The van der Waals surface area contributed by atoms with Crippen molar-refractivity contribution in [3.05, 3.63) is 53.1 Å². The predicted molar refractivity (Wildman–Crippen MR) is 105 cm³/mol. The van der Waals surface area contributed by atoms with Gasteiger partial charge in [-0.2, -0.15) is 0 Å². The third-order valence-corrected chi connectivity index (χ3v) is 4.19. The first-order valence-corrected chi connectivity index (χ1v) is 8.91. The Morgan fingerprint density at radius 3 is 2.67 bits per heavy atom. The lowest BCUT2D eigenvalue weighted by molar-refractivity contribution is 0.104. The molecule has 7 nitrogen and oxygen atoms in total. The first-order valence-electron chi connectivity index (χ1n) is 8.91. The van der Waals surface area contributed by atoms with Crippen LogP contribution in [-0.4, -0.2) is 44.9 Å². The molecule has 0 amide bonds. The number of pyridine rings is 1. The minimum atomic E-state index is -0.580. The van der Waals surface area contributed by atoms with Crippen LogP contribution in [0.3, 0.4) is 0 Å². The molecule has 2 N–H and O–H groups in total. The van der Waals surface area contributed by atoms with Crippen LogP contribution in [0.25, 0.3) is 22.3 Å². The van der Waals surface area contributed by atoms with Crippen molar-refractivity contribution in [3.63, 3.8) is 0 Å². The molecule has 1 aromatic carbocycles. The highest BCUT2D eigenvalue weighted by molar-refractivity contribution is 5.78. The number of ether oxygens (including phenoxy) is 1. The van der Waals surface area contributed by atoms with Gasteiger partial charge in [0.2, 0.25) is 0 Å². The van der Waals surface area contributed by atoms with Gasteiger partial charge in [0.25, 0.3) is 5.56 Å². The molecule has 0 saturated carbocycles. The molecule has 0 aliphatic rings. The van der Waals surface area contributed by atoms with Crippen LogP contribution in [0, 0.1) is 0 Å². The zero-order valence-corrected chi connectivity index (χ0v) is 15.7. The fourth-order valence-electron chi connectivity index (χ4n) is 2.70. The van der Waals surface area contributed by atoms with Crippen LogP contribution in [0.5, 0.6) is 5.75 Å². The van der Waals surface area contributed by atoms with Gasteiger partial charge in [0.1, 0.15) is 24.3 Å². The summed E-state index contributed by atoms with van der Waals surface area (Å²) in [6.07, 6.45) is 2.57. The summed E-state index contributed by atoms with van der Waals surface area (Å²) < 4.78 is 7.14. The van der Waals surface area contributed by atoms with Gasteiger partial charge in [0.05, 0.1) is 10.9 Å². The van der Waals surface area contributed by atoms with Gasteiger partial charge in [-0.05, 0) is 30.3 Å². The smallest absolute Gasteiger partial charge is 0.262 e. The van der Waals surface area contributed by atoms with Gasteiger partial charge in [-0.25, -0.2) is 4.98 Å². The Bertz CT molecular complexity index is 967. The summed E-state index contributed by atoms with van der Waals surface area (Å²) in [7, 11) is 1.69. The minimum Gasteiger partial charge on any atom is -0.491 e. The van der Waals surface area contributed by atoms with E-state index in [0.717, 1.165) is 5.56 Å². The maximum Gasteiger partial charge on any atom is 0.262 e. The number of nitrogens with one attached hydrogen (secondary N) is 1. The van der Waals surface area contributed by atoms with Gasteiger partial charge in [-0.15, -0.1) is 0 Å². The van der Waals surface area contributed by atoms with Gasteiger partial charge >= 0.3 is 0 Å². The van der Waals surface area contributed by atoms with Crippen LogP contribution in [0.15, 0.2) is 47.5 Å². The molecule has 2 aromatic heterocycles. The van der Waals surface area contributed by atoms with E-state index in [9.17, 15) is 9.90 Å². The summed E-state index contributed by atoms with van der Waals surface area (Å²) in [4.78, 5) is 21.1. The fourth-order valence-corrected chi connectivity index (χ4v) is 2.70. The number of aliphatic hydroxyl groups excluding tert-OH is 1. The summed E-state index contributed by atoms with van der Waals surface area (Å²) >= 11 is 0. The van der Waals surface area contributed by atoms with E-state index in [1.807, 2.05) is 26.0 Å². The molecule has 0 bridgehead atoms. The Balaban J connectivity index is 1.75. The van der Waals surface area contributed by atoms with E-state index >= 15 is 0 Å². The van der Waals surface area contributed by atoms with Crippen molar-refractivity contribution in [3.8, 4) is 17.1 Å². The maximum absolute atomic E-state index is 12.5. The van der Waals surface area contributed by atoms with Crippen molar-refractivity contribution in [2.24, 2.45) is 7.05 Å². The first-order chi connectivity index (χ1) is 13.0. The number of nitrogens with zero attached hydrogens (tertiary/aromatic N) is 3. The molecule has 1 atom stereocenters. The SMILES string of the molecule is CC(C)NCC(O)COc1ccc(-c2nc3ccncc3c(=O)n2C)cc1. The summed E-state index contributed by atoms with van der Waals surface area (Å²) in [6.45, 7) is 4.74. The van der Waals surface area contributed by atoms with Crippen LogP contribution in [0.2, 0.25) is 0 Å². The van der Waals surface area contributed by atoms with E-state index in [2.05, 4.69) is 15.3 Å². The largest absolute Gasteiger partial charge is 0.491 e. The van der Waals surface area contributed by atoms with Crippen molar-refractivity contribution in [1.82, 2.24) is 19.9 Å². The van der Waals surface area contributed by atoms with Crippen molar-refractivity contribution in [2.45, 2.75) is 26.0 Å². The third-order valence-electron chi connectivity index (χ3n) is 4.19. The highest BCUT2D eigenvalue weighted by Gasteiger charge is 2.11. The summed E-state index contributed by atoms with van der Waals surface area (Å²) in [5.41, 5.74) is 1.29. The second-order valence-electron chi connectivity index (χ2n) is 6.74. The Morgan fingerprint density at radius 1 is 1.22 bits per heavy atom. The summed E-state index contributed by atoms with van der Waals surface area (Å²) in [5, 5.41) is 13.6. The third kappa shape index (κ3) is 4.50. The number of aromatic nitrogens is 3. The average molecular weight is 368 g/mol. The molecule has 3 rings (SSSR count). The molecular formula is C20H24N4O3. The number of aliphatic hydroxyl groups is 1. The van der Waals surface area contributed by atoms with Gasteiger partial charge in [-0.1, -0.05) is 13.8 Å². The average Bonchev–Trinajstić information content (AvgIpc) is 2.68. The molecule has 2 heterocycles. The highest BCUT2D eigenvalue weighted by atomic mass is 16.5. The fraction of sp³-hybridized carbons (Fsp3) is 0.350. The number of hydrogen-bond acceptors (Lipinski definition) is 6. The van der Waals surface area contributed by atoms with Crippen molar-refractivity contribution in [1.29, 1.82) is 0 Å². The van der Waals surface area contributed by atoms with E-state index in [1.165, 1.54) is 10.8 Å². The van der Waals surface area contributed by atoms with Crippen molar-refractivity contribution in [2.75, 3.05) is 13.2 Å². The van der Waals surface area contributed by atoms with Gasteiger partial charge in [-0.3, -0.25) is 14.3 Å². The van der Waals surface area contributed by atoms with Crippen molar-refractivity contribution < 1.29 is 9.84 Å². The van der Waals surface area contributed by atoms with E-state index in [-0.39, 0.29) is 12.2 Å². The number of benzene rings is 1. The van der Waals surface area contributed by atoms with Crippen LogP contribution >= 0.6 is 0 Å². The summed E-state index contributed by atoms with van der Waals surface area (Å²) in [6, 6.07) is 9.35. The Labute approximate surface area is 157 Å². The molecular weight excluding hydrogens is 344 g/mol. The number of hydrogen-bond donors (Lipinski definition) is 2. The molecule has 0 spiro atoms. The Hall–Kier alpha value is -2.77. The molecule has 1 unspecified atom stereocenters. The van der Waals surface area contributed by atoms with Gasteiger partial charge in [0.15, 0.2) is 0 Å². The van der Waals surface area contributed by atoms with Gasteiger partial charge in [0, 0.05) is 37.6 Å².